The van der Waals surface area contributed by atoms with Crippen LogP contribution >= 0.6 is 23.7 Å². The molecule has 1 amide bonds. The molecule has 2 unspecified atom stereocenters. The molecule has 2 N–H and O–H groups in total. The van der Waals surface area contributed by atoms with Crippen molar-refractivity contribution in [3.8, 4) is 5.75 Å². The van der Waals surface area contributed by atoms with Crippen molar-refractivity contribution in [3.05, 3.63) is 16.3 Å². The van der Waals surface area contributed by atoms with Crippen molar-refractivity contribution < 1.29 is 18.3 Å². The molecule has 0 aliphatic carbocycles. The lowest BCUT2D eigenvalue weighted by molar-refractivity contribution is -0.0498. The van der Waals surface area contributed by atoms with Crippen LogP contribution in [-0.4, -0.2) is 31.1 Å². The number of alkyl halides is 2. The summed E-state index contributed by atoms with van der Waals surface area (Å²) >= 11 is 1.10. The molecule has 0 radical (unpaired) electrons. The van der Waals surface area contributed by atoms with Gasteiger partial charge in [0.15, 0.2) is 0 Å². The molecule has 1 aliphatic rings. The van der Waals surface area contributed by atoms with Crippen LogP contribution in [0.2, 0.25) is 0 Å². The van der Waals surface area contributed by atoms with Crippen molar-refractivity contribution >= 4 is 29.7 Å². The van der Waals surface area contributed by atoms with Crippen LogP contribution in [0.3, 0.4) is 0 Å². The smallest absolute Gasteiger partial charge is 0.387 e. The number of halogens is 3. The highest BCUT2D eigenvalue weighted by molar-refractivity contribution is 7.12. The van der Waals surface area contributed by atoms with Gasteiger partial charge in [0.2, 0.25) is 0 Å². The third-order valence-corrected chi connectivity index (χ3v) is 4.02. The van der Waals surface area contributed by atoms with E-state index in [-0.39, 0.29) is 41.0 Å². The van der Waals surface area contributed by atoms with Crippen molar-refractivity contribution in [2.45, 2.75) is 38.5 Å². The van der Waals surface area contributed by atoms with E-state index in [1.54, 1.807) is 5.38 Å². The lowest BCUT2D eigenvalue weighted by Gasteiger charge is -2.30. The van der Waals surface area contributed by atoms with Crippen molar-refractivity contribution in [2.24, 2.45) is 0 Å². The monoisotopic (exact) mass is 326 g/mol. The number of ether oxygens (including phenoxy) is 1. The number of hydrogen-bond donors (Lipinski definition) is 2. The molecule has 0 bridgehead atoms. The second-order valence-corrected chi connectivity index (χ2v) is 5.37. The molecule has 8 heteroatoms. The van der Waals surface area contributed by atoms with Gasteiger partial charge in [0.1, 0.15) is 10.6 Å². The molecule has 114 valence electrons. The quantitative estimate of drug-likeness (QED) is 0.894. The fourth-order valence-corrected chi connectivity index (χ4v) is 2.85. The Kier molecular flexibility index (Phi) is 6.64. The topological polar surface area (TPSA) is 50.4 Å². The fraction of sp³-hybridized carbons (Fsp3) is 0.583. The zero-order valence-electron chi connectivity index (χ0n) is 10.9. The summed E-state index contributed by atoms with van der Waals surface area (Å²) < 4.78 is 28.7. The lowest BCUT2D eigenvalue weighted by atomic mass is 10.00. The third kappa shape index (κ3) is 4.29. The minimum atomic E-state index is -2.92. The van der Waals surface area contributed by atoms with Crippen molar-refractivity contribution in [2.75, 3.05) is 6.54 Å². The average Bonchev–Trinajstić information content (AvgIpc) is 2.79. The largest absolute Gasteiger partial charge is 0.433 e. The van der Waals surface area contributed by atoms with E-state index < -0.39 is 6.61 Å². The predicted octanol–water partition coefficient (Wildman–Crippen LogP) is 2.64. The van der Waals surface area contributed by atoms with E-state index in [1.807, 2.05) is 6.92 Å². The van der Waals surface area contributed by atoms with Crippen LogP contribution in [0.4, 0.5) is 8.78 Å². The molecular formula is C12H17ClF2N2O2S. The zero-order valence-corrected chi connectivity index (χ0v) is 12.5. The summed E-state index contributed by atoms with van der Waals surface area (Å²) in [6.07, 6.45) is 1.87. The minimum Gasteiger partial charge on any atom is -0.433 e. The van der Waals surface area contributed by atoms with E-state index in [4.69, 9.17) is 0 Å². The van der Waals surface area contributed by atoms with E-state index >= 15 is 0 Å². The first-order valence-corrected chi connectivity index (χ1v) is 7.02. The molecule has 1 aromatic rings. The first-order chi connectivity index (χ1) is 9.08. The molecule has 1 aliphatic heterocycles. The summed E-state index contributed by atoms with van der Waals surface area (Å²) in [6, 6.07) is 1.58. The summed E-state index contributed by atoms with van der Waals surface area (Å²) in [6.45, 7) is 0.0119. The van der Waals surface area contributed by atoms with Crippen LogP contribution in [-0.2, 0) is 0 Å². The standard InChI is InChI=1S/C12H16F2N2O2S.ClH/c1-7-8(3-2-5-15-7)16-11(17)10-9(4-6-19-10)18-12(13)14;/h4,6-8,12,15H,2-3,5H2,1H3,(H,16,17);1H. The number of carbonyl (C=O) groups excluding carboxylic acids is 1. The summed E-state index contributed by atoms with van der Waals surface area (Å²) in [5, 5.41) is 7.70. The van der Waals surface area contributed by atoms with E-state index in [0.29, 0.717) is 0 Å². The van der Waals surface area contributed by atoms with E-state index in [9.17, 15) is 13.6 Å². The van der Waals surface area contributed by atoms with E-state index in [0.717, 1.165) is 30.7 Å². The Balaban J connectivity index is 0.00000200. The molecule has 2 atom stereocenters. The molecule has 2 heterocycles. The number of amides is 1. The van der Waals surface area contributed by atoms with Gasteiger partial charge in [-0.3, -0.25) is 4.79 Å². The Bertz CT molecular complexity index is 445. The Morgan fingerprint density at radius 3 is 3.00 bits per heavy atom. The maximum atomic E-state index is 12.2. The highest BCUT2D eigenvalue weighted by Gasteiger charge is 2.25. The normalized spacial score (nSPS) is 22.2. The van der Waals surface area contributed by atoms with Gasteiger partial charge in [-0.25, -0.2) is 0 Å². The average molecular weight is 327 g/mol. The third-order valence-electron chi connectivity index (χ3n) is 3.13. The van der Waals surface area contributed by atoms with E-state index in [1.165, 1.54) is 6.07 Å². The Labute approximate surface area is 126 Å². The highest BCUT2D eigenvalue weighted by Crippen LogP contribution is 2.26. The number of thiophene rings is 1. The lowest BCUT2D eigenvalue weighted by Crippen LogP contribution is -2.51. The number of hydrogen-bond acceptors (Lipinski definition) is 4. The van der Waals surface area contributed by atoms with Crippen molar-refractivity contribution in [1.82, 2.24) is 10.6 Å². The molecule has 2 rings (SSSR count). The van der Waals surface area contributed by atoms with Crippen LogP contribution in [0.5, 0.6) is 5.75 Å². The van der Waals surface area contributed by atoms with Crippen molar-refractivity contribution in [3.63, 3.8) is 0 Å². The minimum absolute atomic E-state index is 0. The molecule has 0 aromatic carbocycles. The Hall–Kier alpha value is -0.920. The van der Waals surface area contributed by atoms with Gasteiger partial charge in [0.05, 0.1) is 0 Å². The number of piperidine rings is 1. The first-order valence-electron chi connectivity index (χ1n) is 6.14. The Morgan fingerprint density at radius 2 is 2.35 bits per heavy atom. The molecule has 4 nitrogen and oxygen atoms in total. The second-order valence-electron chi connectivity index (χ2n) is 4.46. The maximum absolute atomic E-state index is 12.2. The summed E-state index contributed by atoms with van der Waals surface area (Å²) in [5.41, 5.74) is 0. The number of rotatable bonds is 4. The van der Waals surface area contributed by atoms with Crippen LogP contribution in [0.25, 0.3) is 0 Å². The predicted molar refractivity (Wildman–Crippen MR) is 76.2 cm³/mol. The molecule has 0 saturated carbocycles. The van der Waals surface area contributed by atoms with Gasteiger partial charge in [-0.15, -0.1) is 23.7 Å². The SMILES string of the molecule is CC1NCCCC1NC(=O)c1sccc1OC(F)F.Cl. The first kappa shape index (κ1) is 17.1. The summed E-state index contributed by atoms with van der Waals surface area (Å²) in [5.74, 6) is -0.417. The van der Waals surface area contributed by atoms with Crippen LogP contribution in [0.1, 0.15) is 29.4 Å². The molecule has 0 spiro atoms. The second kappa shape index (κ2) is 7.75. The van der Waals surface area contributed by atoms with E-state index in [2.05, 4.69) is 15.4 Å². The van der Waals surface area contributed by atoms with Gasteiger partial charge in [-0.1, -0.05) is 0 Å². The molecular weight excluding hydrogens is 310 g/mol. The van der Waals surface area contributed by atoms with Crippen LogP contribution in [0.15, 0.2) is 11.4 Å². The molecule has 1 saturated heterocycles. The summed E-state index contributed by atoms with van der Waals surface area (Å²) in [7, 11) is 0. The Morgan fingerprint density at radius 1 is 1.60 bits per heavy atom. The van der Waals surface area contributed by atoms with Gasteiger partial charge in [-0.2, -0.15) is 8.78 Å². The van der Waals surface area contributed by atoms with Gasteiger partial charge < -0.3 is 15.4 Å². The fourth-order valence-electron chi connectivity index (χ4n) is 2.13. The van der Waals surface area contributed by atoms with Gasteiger partial charge in [0, 0.05) is 12.1 Å². The van der Waals surface area contributed by atoms with Crippen LogP contribution < -0.4 is 15.4 Å². The van der Waals surface area contributed by atoms with Gasteiger partial charge in [-0.05, 0) is 37.8 Å². The number of carbonyl (C=O) groups is 1. The van der Waals surface area contributed by atoms with Crippen molar-refractivity contribution in [1.29, 1.82) is 0 Å². The zero-order chi connectivity index (χ0) is 13.8. The molecule has 20 heavy (non-hydrogen) atoms. The highest BCUT2D eigenvalue weighted by atomic mass is 35.5. The summed E-state index contributed by atoms with van der Waals surface area (Å²) in [4.78, 5) is 12.3. The van der Waals surface area contributed by atoms with Gasteiger partial charge >= 0.3 is 6.61 Å². The number of nitrogens with one attached hydrogen (secondary N) is 2. The van der Waals surface area contributed by atoms with Crippen LogP contribution in [0, 0.1) is 0 Å². The van der Waals surface area contributed by atoms with Gasteiger partial charge in [0.25, 0.3) is 5.91 Å². The molecule has 1 fully saturated rings. The molecule has 1 aromatic heterocycles. The maximum Gasteiger partial charge on any atom is 0.387 e.